The van der Waals surface area contributed by atoms with Gasteiger partial charge in [0.15, 0.2) is 5.96 Å². The molecule has 6 nitrogen and oxygen atoms in total. The Hall–Kier alpha value is -2.64. The highest BCUT2D eigenvalue weighted by Gasteiger charge is 2.24. The van der Waals surface area contributed by atoms with E-state index in [0.717, 1.165) is 31.2 Å². The first-order chi connectivity index (χ1) is 14.8. The number of nitrogens with zero attached hydrogens (tertiary/aromatic N) is 4. The van der Waals surface area contributed by atoms with Crippen molar-refractivity contribution in [3.8, 4) is 5.69 Å². The Labute approximate surface area is 182 Å². The topological polar surface area (TPSA) is 57.5 Å². The second-order valence-corrected chi connectivity index (χ2v) is 8.51. The first-order valence-corrected chi connectivity index (χ1v) is 11.5. The Morgan fingerprint density at radius 2 is 1.97 bits per heavy atom. The first kappa shape index (κ1) is 20.6. The lowest BCUT2D eigenvalue weighted by Crippen LogP contribution is -2.43. The van der Waals surface area contributed by atoms with Crippen LogP contribution in [0.25, 0.3) is 5.69 Å². The molecule has 3 heterocycles. The van der Waals surface area contributed by atoms with Crippen molar-refractivity contribution in [2.45, 2.75) is 25.3 Å². The third kappa shape index (κ3) is 5.29. The fourth-order valence-corrected chi connectivity index (χ4v) is 4.75. The Balaban J connectivity index is 1.27. The average molecular weight is 423 g/mol. The first-order valence-electron chi connectivity index (χ1n) is 10.6. The number of para-hydroxylation sites is 1. The molecule has 7 heteroatoms. The summed E-state index contributed by atoms with van der Waals surface area (Å²) in [4.78, 5) is 8.42. The molecule has 1 saturated heterocycles. The second kappa shape index (κ2) is 10.4. The number of likely N-dealkylation sites (tertiary alicyclic amines) is 1. The number of rotatable bonds is 8. The van der Waals surface area contributed by atoms with Gasteiger partial charge in [-0.1, -0.05) is 24.3 Å². The van der Waals surface area contributed by atoms with Crippen LogP contribution in [0, 0.1) is 0 Å². The molecule has 0 saturated carbocycles. The summed E-state index contributed by atoms with van der Waals surface area (Å²) in [5.74, 6) is 0.853. The van der Waals surface area contributed by atoms with Crippen LogP contribution in [0.1, 0.15) is 29.3 Å². The number of guanidine groups is 1. The third-order valence-corrected chi connectivity index (χ3v) is 6.48. The monoisotopic (exact) mass is 422 g/mol. The van der Waals surface area contributed by atoms with Gasteiger partial charge in [0.1, 0.15) is 0 Å². The molecular formula is C23H30N6S. The van der Waals surface area contributed by atoms with Crippen LogP contribution in [-0.4, -0.2) is 53.9 Å². The summed E-state index contributed by atoms with van der Waals surface area (Å²) in [6.45, 7) is 4.04. The summed E-state index contributed by atoms with van der Waals surface area (Å²) in [6, 6.07) is 15.0. The number of nitrogens with one attached hydrogen (secondary N) is 2. The molecule has 0 aliphatic carbocycles. The van der Waals surface area contributed by atoms with Crippen LogP contribution in [0.2, 0.25) is 0 Å². The lowest BCUT2D eigenvalue weighted by molar-refractivity contribution is 0.249. The average Bonchev–Trinajstić information content (AvgIpc) is 3.56. The SMILES string of the molecule is CN=C(NCCc1cnn(-c2ccccc2)c1)NCC(c1cccs1)N1CCCC1. The molecule has 1 fully saturated rings. The molecule has 0 bridgehead atoms. The van der Waals surface area contributed by atoms with Gasteiger partial charge in [-0.05, 0) is 61.5 Å². The van der Waals surface area contributed by atoms with Gasteiger partial charge < -0.3 is 10.6 Å². The van der Waals surface area contributed by atoms with Crippen molar-refractivity contribution >= 4 is 17.3 Å². The molecule has 1 atom stereocenters. The van der Waals surface area contributed by atoms with Crippen molar-refractivity contribution in [2.75, 3.05) is 33.2 Å². The maximum Gasteiger partial charge on any atom is 0.191 e. The van der Waals surface area contributed by atoms with Crippen LogP contribution < -0.4 is 10.6 Å². The number of aliphatic imine (C=N–C) groups is 1. The van der Waals surface area contributed by atoms with E-state index in [4.69, 9.17) is 0 Å². The maximum absolute atomic E-state index is 4.48. The van der Waals surface area contributed by atoms with Gasteiger partial charge >= 0.3 is 0 Å². The molecule has 1 unspecified atom stereocenters. The van der Waals surface area contributed by atoms with Crippen molar-refractivity contribution in [2.24, 2.45) is 4.99 Å². The Bertz CT molecular complexity index is 912. The van der Waals surface area contributed by atoms with Crippen LogP contribution in [0.5, 0.6) is 0 Å². The smallest absolute Gasteiger partial charge is 0.191 e. The normalized spacial score (nSPS) is 16.0. The minimum absolute atomic E-state index is 0.412. The molecule has 30 heavy (non-hydrogen) atoms. The minimum atomic E-state index is 0.412. The van der Waals surface area contributed by atoms with Gasteiger partial charge in [0.25, 0.3) is 0 Å². The molecule has 4 rings (SSSR count). The Morgan fingerprint density at radius 3 is 2.70 bits per heavy atom. The predicted octanol–water partition coefficient (Wildman–Crippen LogP) is 3.48. The van der Waals surface area contributed by atoms with Crippen LogP contribution in [0.4, 0.5) is 0 Å². The van der Waals surface area contributed by atoms with Gasteiger partial charge in [0, 0.05) is 31.2 Å². The molecule has 2 aromatic heterocycles. The van der Waals surface area contributed by atoms with Crippen LogP contribution >= 0.6 is 11.3 Å². The van der Waals surface area contributed by atoms with Gasteiger partial charge in [0.05, 0.1) is 17.9 Å². The van der Waals surface area contributed by atoms with E-state index in [9.17, 15) is 0 Å². The molecule has 1 aliphatic heterocycles. The van der Waals surface area contributed by atoms with Crippen molar-refractivity contribution in [3.05, 3.63) is 70.7 Å². The number of aromatic nitrogens is 2. The van der Waals surface area contributed by atoms with Crippen LogP contribution in [-0.2, 0) is 6.42 Å². The molecular weight excluding hydrogens is 392 g/mol. The Morgan fingerprint density at radius 1 is 1.13 bits per heavy atom. The second-order valence-electron chi connectivity index (χ2n) is 7.53. The van der Waals surface area contributed by atoms with E-state index in [-0.39, 0.29) is 0 Å². The van der Waals surface area contributed by atoms with Crippen molar-refractivity contribution < 1.29 is 0 Å². The van der Waals surface area contributed by atoms with Crippen molar-refractivity contribution in [1.82, 2.24) is 25.3 Å². The molecule has 0 spiro atoms. The zero-order valence-electron chi connectivity index (χ0n) is 17.5. The predicted molar refractivity (Wildman–Crippen MR) is 124 cm³/mol. The van der Waals surface area contributed by atoms with Gasteiger partial charge in [-0.2, -0.15) is 5.10 Å². The van der Waals surface area contributed by atoms with Gasteiger partial charge in [-0.25, -0.2) is 4.68 Å². The lowest BCUT2D eigenvalue weighted by Gasteiger charge is -2.27. The quantitative estimate of drug-likeness (QED) is 0.431. The summed E-state index contributed by atoms with van der Waals surface area (Å²) in [7, 11) is 1.83. The zero-order valence-corrected chi connectivity index (χ0v) is 18.3. The highest BCUT2D eigenvalue weighted by atomic mass is 32.1. The minimum Gasteiger partial charge on any atom is -0.356 e. The van der Waals surface area contributed by atoms with E-state index in [0.29, 0.717) is 6.04 Å². The number of thiophene rings is 1. The highest BCUT2D eigenvalue weighted by Crippen LogP contribution is 2.27. The molecule has 3 aromatic rings. The third-order valence-electron chi connectivity index (χ3n) is 5.50. The molecule has 0 amide bonds. The van der Waals surface area contributed by atoms with Gasteiger partial charge in [-0.15, -0.1) is 11.3 Å². The molecule has 1 aliphatic rings. The molecule has 2 N–H and O–H groups in total. The largest absolute Gasteiger partial charge is 0.356 e. The fourth-order valence-electron chi connectivity index (χ4n) is 3.89. The maximum atomic E-state index is 4.48. The zero-order chi connectivity index (χ0) is 20.6. The van der Waals surface area contributed by atoms with E-state index in [1.54, 1.807) is 0 Å². The summed E-state index contributed by atoms with van der Waals surface area (Å²) in [6.07, 6.45) is 7.52. The van der Waals surface area contributed by atoms with Gasteiger partial charge in [0.2, 0.25) is 0 Å². The lowest BCUT2D eigenvalue weighted by atomic mass is 10.2. The number of hydrogen-bond donors (Lipinski definition) is 2. The fraction of sp³-hybridized carbons (Fsp3) is 0.391. The number of hydrogen-bond acceptors (Lipinski definition) is 4. The van der Waals surface area contributed by atoms with Crippen LogP contribution in [0.15, 0.2) is 65.2 Å². The van der Waals surface area contributed by atoms with Crippen molar-refractivity contribution in [1.29, 1.82) is 0 Å². The summed E-state index contributed by atoms with van der Waals surface area (Å²) in [5.41, 5.74) is 2.28. The summed E-state index contributed by atoms with van der Waals surface area (Å²) in [5, 5.41) is 13.6. The van der Waals surface area contributed by atoms with E-state index < -0.39 is 0 Å². The summed E-state index contributed by atoms with van der Waals surface area (Å²) >= 11 is 1.84. The van der Waals surface area contributed by atoms with E-state index in [2.05, 4.69) is 61.5 Å². The molecule has 0 radical (unpaired) electrons. The van der Waals surface area contributed by atoms with Crippen LogP contribution in [0.3, 0.4) is 0 Å². The van der Waals surface area contributed by atoms with E-state index >= 15 is 0 Å². The standard InChI is InChI=1S/C23H30N6S/c1-24-23(26-17-21(22-10-7-15-30-22)28-13-5-6-14-28)25-12-11-19-16-27-29(18-19)20-8-3-2-4-9-20/h2-4,7-10,15-16,18,21H,5-6,11-14,17H2,1H3,(H2,24,25,26). The number of benzene rings is 1. The highest BCUT2D eigenvalue weighted by molar-refractivity contribution is 7.10. The van der Waals surface area contributed by atoms with Crippen molar-refractivity contribution in [3.63, 3.8) is 0 Å². The molecule has 1 aromatic carbocycles. The Kier molecular flexibility index (Phi) is 7.16. The van der Waals surface area contributed by atoms with E-state index in [1.165, 1.54) is 36.4 Å². The molecule has 158 valence electrons. The van der Waals surface area contributed by atoms with Gasteiger partial charge in [-0.3, -0.25) is 9.89 Å². The van der Waals surface area contributed by atoms with E-state index in [1.807, 2.05) is 47.5 Å². The summed E-state index contributed by atoms with van der Waals surface area (Å²) < 4.78 is 1.92.